The van der Waals surface area contributed by atoms with Crippen LogP contribution in [0.25, 0.3) is 0 Å². The van der Waals surface area contributed by atoms with Crippen molar-refractivity contribution >= 4 is 57.3 Å². The summed E-state index contributed by atoms with van der Waals surface area (Å²) in [4.78, 5) is 0. The molecule has 0 rings (SSSR count). The van der Waals surface area contributed by atoms with Gasteiger partial charge in [0.15, 0.2) is 17.4 Å². The van der Waals surface area contributed by atoms with E-state index in [4.69, 9.17) is 4.55 Å². The molecule has 0 saturated heterocycles. The first-order chi connectivity index (χ1) is 8.06. The summed E-state index contributed by atoms with van der Waals surface area (Å²) in [6.07, 6.45) is 11.9. The number of hydrogen-bond donors (Lipinski definition) is 1. The summed E-state index contributed by atoms with van der Waals surface area (Å²) in [6, 6.07) is 0. The fourth-order valence-electron chi connectivity index (χ4n) is 1.75. The molecule has 0 heterocycles. The minimum atomic E-state index is -4.23. The molecule has 0 aliphatic heterocycles. The molecule has 8 heteroatoms. The van der Waals surface area contributed by atoms with Crippen molar-refractivity contribution in [3.05, 3.63) is 0 Å². The van der Waals surface area contributed by atoms with Crippen LogP contribution in [0.5, 0.6) is 0 Å². The third-order valence-corrected chi connectivity index (χ3v) is 3.19. The van der Waals surface area contributed by atoms with E-state index in [1.807, 2.05) is 0 Å². The second kappa shape index (κ2) is 20.4. The Morgan fingerprint density at radius 3 is 1.55 bits per heavy atom. The van der Waals surface area contributed by atoms with Crippen LogP contribution in [0.2, 0.25) is 0 Å². The Balaban J connectivity index is -0.000000427. The van der Waals surface area contributed by atoms with Crippen LogP contribution in [0.4, 0.5) is 0 Å². The zero-order valence-corrected chi connectivity index (χ0v) is 12.2. The number of rotatable bonds is 12. The molecule has 0 aromatic heterocycles. The fourth-order valence-corrected chi connectivity index (χ4v) is 2.08. The van der Waals surface area contributed by atoms with Gasteiger partial charge >= 0.3 is 40.0 Å². The monoisotopic (exact) mass is 338 g/mol. The Morgan fingerprint density at radius 2 is 1.20 bits per heavy atom. The molecule has 0 spiro atoms. The summed E-state index contributed by atoms with van der Waals surface area (Å²) in [5.41, 5.74) is 0. The Labute approximate surface area is 156 Å². The van der Waals surface area contributed by atoms with Crippen molar-refractivity contribution in [2.24, 2.45) is 0 Å². The predicted molar refractivity (Wildman–Crippen MR) is 90.0 cm³/mol. The van der Waals surface area contributed by atoms with Gasteiger partial charge in [-0.1, -0.05) is 64.7 Å². The van der Waals surface area contributed by atoms with E-state index in [9.17, 15) is 8.42 Å². The summed E-state index contributed by atoms with van der Waals surface area (Å²) < 4.78 is 33.0. The Kier molecular flexibility index (Phi) is 29.9. The van der Waals surface area contributed by atoms with E-state index in [-0.39, 0.29) is 59.0 Å². The standard InChI is InChI=1S/C12H26O4S.Al.Na.H2O.4H/c1-2-3-4-5-6-7-8-9-10-11-12-16-17(13,14)15;;;;;;;/h2-12H2,1H3,(H,13,14,15);;;1H2;;;;. The van der Waals surface area contributed by atoms with Gasteiger partial charge in [0.1, 0.15) is 0 Å². The van der Waals surface area contributed by atoms with E-state index >= 15 is 0 Å². The molecule has 0 aromatic carbocycles. The molecule has 0 amide bonds. The average Bonchev–Trinajstić information content (AvgIpc) is 2.24. The molecule has 0 fully saturated rings. The number of unbranched alkanes of at least 4 members (excludes halogenated alkanes) is 9. The Morgan fingerprint density at radius 1 is 0.850 bits per heavy atom. The van der Waals surface area contributed by atoms with E-state index in [1.165, 1.54) is 44.9 Å². The van der Waals surface area contributed by atoms with Gasteiger partial charge in [-0.15, -0.1) is 0 Å². The number of hydrogen-bond acceptors (Lipinski definition) is 3. The molecule has 0 radical (unpaired) electrons. The first-order valence-corrected chi connectivity index (χ1v) is 8.04. The summed E-state index contributed by atoms with van der Waals surface area (Å²) >= 11 is 0. The van der Waals surface area contributed by atoms with Gasteiger partial charge in [0.05, 0.1) is 6.61 Å². The van der Waals surface area contributed by atoms with Gasteiger partial charge in [-0.3, -0.25) is 4.55 Å². The predicted octanol–water partition coefficient (Wildman–Crippen LogP) is 1.07. The van der Waals surface area contributed by atoms with Crippen LogP contribution < -0.4 is 0 Å². The molecular formula is C12H32AlNaO5S. The fraction of sp³-hybridized carbons (Fsp3) is 1.00. The van der Waals surface area contributed by atoms with E-state index in [2.05, 4.69) is 11.1 Å². The molecule has 5 nitrogen and oxygen atoms in total. The van der Waals surface area contributed by atoms with Gasteiger partial charge in [0.2, 0.25) is 0 Å². The van der Waals surface area contributed by atoms with Gasteiger partial charge in [0, 0.05) is 0 Å². The van der Waals surface area contributed by atoms with Crippen LogP contribution in [0.3, 0.4) is 0 Å². The second-order valence-corrected chi connectivity index (χ2v) is 5.52. The molecule has 120 valence electrons. The molecule has 0 aliphatic rings. The zero-order valence-electron chi connectivity index (χ0n) is 11.4. The summed E-state index contributed by atoms with van der Waals surface area (Å²) in [7, 11) is -4.23. The normalized spacial score (nSPS) is 10.1. The second-order valence-electron chi connectivity index (χ2n) is 4.43. The van der Waals surface area contributed by atoms with Gasteiger partial charge in [-0.2, -0.15) is 8.42 Å². The SMILES string of the molecule is CCCCCCCCCCCCOS(=O)(=O)O.O.[AlH3].[NaH]. The summed E-state index contributed by atoms with van der Waals surface area (Å²) in [5, 5.41) is 0. The summed E-state index contributed by atoms with van der Waals surface area (Å²) in [6.45, 7) is 2.31. The molecular weight excluding hydrogens is 306 g/mol. The van der Waals surface area contributed by atoms with Crippen LogP contribution in [-0.2, 0) is 14.6 Å². The molecule has 0 unspecified atom stereocenters. The first-order valence-electron chi connectivity index (χ1n) is 6.68. The molecule has 0 bridgehead atoms. The van der Waals surface area contributed by atoms with E-state index in [0.717, 1.165) is 12.8 Å². The zero-order chi connectivity index (χ0) is 13.0. The quantitative estimate of drug-likeness (QED) is 0.327. The minimum absolute atomic E-state index is 0. The first kappa shape index (κ1) is 29.4. The van der Waals surface area contributed by atoms with Crippen LogP contribution in [0.15, 0.2) is 0 Å². The molecule has 0 aliphatic carbocycles. The van der Waals surface area contributed by atoms with E-state index in [0.29, 0.717) is 6.42 Å². The van der Waals surface area contributed by atoms with Crippen molar-refractivity contribution in [3.63, 3.8) is 0 Å². The van der Waals surface area contributed by atoms with Gasteiger partial charge in [-0.25, -0.2) is 4.18 Å². The third-order valence-electron chi connectivity index (χ3n) is 2.73. The third kappa shape index (κ3) is 27.7. The average molecular weight is 338 g/mol. The van der Waals surface area contributed by atoms with Gasteiger partial charge in [-0.05, 0) is 6.42 Å². The van der Waals surface area contributed by atoms with Gasteiger partial charge < -0.3 is 5.48 Å². The summed E-state index contributed by atoms with van der Waals surface area (Å²) in [5.74, 6) is 0. The maximum absolute atomic E-state index is 10.2. The molecule has 0 aromatic rings. The van der Waals surface area contributed by atoms with Gasteiger partial charge in [0.25, 0.3) is 0 Å². The van der Waals surface area contributed by atoms with Crippen molar-refractivity contribution in [3.8, 4) is 0 Å². The van der Waals surface area contributed by atoms with Crippen molar-refractivity contribution in [2.75, 3.05) is 6.61 Å². The van der Waals surface area contributed by atoms with Crippen molar-refractivity contribution in [2.45, 2.75) is 71.1 Å². The molecule has 0 saturated carbocycles. The van der Waals surface area contributed by atoms with Crippen molar-refractivity contribution in [1.82, 2.24) is 0 Å². The topological polar surface area (TPSA) is 95.1 Å². The Bertz CT molecular complexity index is 263. The van der Waals surface area contributed by atoms with E-state index < -0.39 is 10.4 Å². The van der Waals surface area contributed by atoms with Crippen LogP contribution in [-0.4, -0.2) is 72.0 Å². The molecule has 3 N–H and O–H groups in total. The van der Waals surface area contributed by atoms with Crippen molar-refractivity contribution < 1.29 is 22.6 Å². The van der Waals surface area contributed by atoms with Crippen LogP contribution in [0.1, 0.15) is 71.1 Å². The Hall–Kier alpha value is 1.36. The molecule has 20 heavy (non-hydrogen) atoms. The van der Waals surface area contributed by atoms with E-state index in [1.54, 1.807) is 0 Å². The maximum atomic E-state index is 10.2. The van der Waals surface area contributed by atoms with Crippen LogP contribution >= 0.6 is 0 Å². The van der Waals surface area contributed by atoms with Crippen LogP contribution in [0, 0.1) is 0 Å². The molecule has 0 atom stereocenters. The van der Waals surface area contributed by atoms with Crippen molar-refractivity contribution in [1.29, 1.82) is 0 Å².